The monoisotopic (exact) mass is 339 g/mol. The summed E-state index contributed by atoms with van der Waals surface area (Å²) in [6.07, 6.45) is 0.751. The Balaban J connectivity index is 2.25. The molecule has 0 aliphatic carbocycles. The maximum Gasteiger partial charge on any atom is 0.249 e. The van der Waals surface area contributed by atoms with Gasteiger partial charge in [-0.15, -0.1) is 0 Å². The van der Waals surface area contributed by atoms with Gasteiger partial charge in [0, 0.05) is 48.6 Å². The highest BCUT2D eigenvalue weighted by Crippen LogP contribution is 2.40. The van der Waals surface area contributed by atoms with Crippen LogP contribution in [0.5, 0.6) is 5.75 Å². The predicted molar refractivity (Wildman–Crippen MR) is 101 cm³/mol. The summed E-state index contributed by atoms with van der Waals surface area (Å²) < 4.78 is 5.57. The Morgan fingerprint density at radius 3 is 2.52 bits per heavy atom. The van der Waals surface area contributed by atoms with Crippen molar-refractivity contribution in [3.63, 3.8) is 0 Å². The zero-order chi connectivity index (χ0) is 17.8. The minimum Gasteiger partial charge on any atom is -0.496 e. The first-order valence-electron chi connectivity index (χ1n) is 8.72. The highest BCUT2D eigenvalue weighted by atomic mass is 16.5. The number of piperazine rings is 1. The fourth-order valence-corrected chi connectivity index (χ4v) is 3.56. The molecule has 1 fully saturated rings. The first-order valence-corrected chi connectivity index (χ1v) is 8.72. The predicted octanol–water partition coefficient (Wildman–Crippen LogP) is 2.43. The van der Waals surface area contributed by atoms with Crippen LogP contribution in [-0.2, 0) is 6.42 Å². The zero-order valence-corrected chi connectivity index (χ0v) is 14.8. The third-order valence-corrected chi connectivity index (χ3v) is 4.73. The smallest absolute Gasteiger partial charge is 0.249 e. The van der Waals surface area contributed by atoms with Crippen molar-refractivity contribution in [3.8, 4) is 16.9 Å². The minimum absolute atomic E-state index is 0.375. The van der Waals surface area contributed by atoms with Crippen LogP contribution >= 0.6 is 0 Å². The number of methoxy groups -OCH3 is 1. The van der Waals surface area contributed by atoms with E-state index in [1.165, 1.54) is 0 Å². The summed E-state index contributed by atoms with van der Waals surface area (Å²) in [5.41, 5.74) is 10.5. The number of nitrogens with one attached hydrogen (secondary N) is 1. The highest BCUT2D eigenvalue weighted by molar-refractivity contribution is 5.99. The Kier molecular flexibility index (Phi) is 5.24. The second-order valence-electron chi connectivity index (χ2n) is 6.14. The van der Waals surface area contributed by atoms with Crippen molar-refractivity contribution in [1.82, 2.24) is 5.32 Å². The van der Waals surface area contributed by atoms with Gasteiger partial charge in [-0.2, -0.15) is 0 Å². The number of hydrogen-bond donors (Lipinski definition) is 2. The lowest BCUT2D eigenvalue weighted by Crippen LogP contribution is -2.44. The normalized spacial score (nSPS) is 14.4. The molecule has 3 rings (SSSR count). The van der Waals surface area contributed by atoms with Crippen molar-refractivity contribution < 1.29 is 9.53 Å². The van der Waals surface area contributed by atoms with Crippen LogP contribution in [0.1, 0.15) is 22.8 Å². The fourth-order valence-electron chi connectivity index (χ4n) is 3.56. The average molecular weight is 339 g/mol. The molecular formula is C20H25N3O2. The molecule has 1 amide bonds. The lowest BCUT2D eigenvalue weighted by Gasteiger charge is -2.34. The van der Waals surface area contributed by atoms with Gasteiger partial charge in [0.05, 0.1) is 7.11 Å². The van der Waals surface area contributed by atoms with E-state index < -0.39 is 0 Å². The molecule has 0 radical (unpaired) electrons. The standard InChI is InChI=1S/C20H25N3O2/c1-3-14-17(20(21)24)9-8-16(15-6-4-5-7-18(15)25-2)19(14)23-12-10-22-11-13-23/h4-9,22H,3,10-13H2,1-2H3,(H2,21,24). The number of ether oxygens (including phenoxy) is 1. The van der Waals surface area contributed by atoms with E-state index in [1.54, 1.807) is 7.11 Å². The first kappa shape index (κ1) is 17.3. The summed E-state index contributed by atoms with van der Waals surface area (Å²) in [5, 5.41) is 3.38. The summed E-state index contributed by atoms with van der Waals surface area (Å²) in [6.45, 7) is 5.72. The molecule has 1 aliphatic rings. The van der Waals surface area contributed by atoms with E-state index in [1.807, 2.05) is 30.3 Å². The summed E-state index contributed by atoms with van der Waals surface area (Å²) >= 11 is 0. The SMILES string of the molecule is CCc1c(C(N)=O)ccc(-c2ccccc2OC)c1N1CCNCC1. The minimum atomic E-state index is -0.375. The number of nitrogens with zero attached hydrogens (tertiary/aromatic N) is 1. The summed E-state index contributed by atoms with van der Waals surface area (Å²) in [6, 6.07) is 11.8. The first-order chi connectivity index (χ1) is 12.2. The molecule has 0 aromatic heterocycles. The number of hydrogen-bond acceptors (Lipinski definition) is 4. The van der Waals surface area contributed by atoms with Crippen molar-refractivity contribution in [3.05, 3.63) is 47.5 Å². The van der Waals surface area contributed by atoms with Crippen LogP contribution in [0.15, 0.2) is 36.4 Å². The second-order valence-corrected chi connectivity index (χ2v) is 6.14. The summed E-state index contributed by atoms with van der Waals surface area (Å²) in [7, 11) is 1.68. The molecule has 0 saturated carbocycles. The largest absolute Gasteiger partial charge is 0.496 e. The van der Waals surface area contributed by atoms with Gasteiger partial charge in [-0.3, -0.25) is 4.79 Å². The molecular weight excluding hydrogens is 314 g/mol. The molecule has 5 nitrogen and oxygen atoms in total. The van der Waals surface area contributed by atoms with Crippen molar-refractivity contribution in [2.24, 2.45) is 5.73 Å². The van der Waals surface area contributed by atoms with Crippen LogP contribution in [-0.4, -0.2) is 39.2 Å². The Bertz CT molecular complexity index is 768. The maximum absolute atomic E-state index is 12.0. The molecule has 0 unspecified atom stereocenters. The van der Waals surface area contributed by atoms with Crippen LogP contribution in [0.3, 0.4) is 0 Å². The quantitative estimate of drug-likeness (QED) is 0.878. The topological polar surface area (TPSA) is 67.6 Å². The molecule has 0 spiro atoms. The average Bonchev–Trinajstić information content (AvgIpc) is 2.67. The van der Waals surface area contributed by atoms with Crippen LogP contribution in [0, 0.1) is 0 Å². The van der Waals surface area contributed by atoms with E-state index in [-0.39, 0.29) is 5.91 Å². The molecule has 132 valence electrons. The van der Waals surface area contributed by atoms with Crippen LogP contribution in [0.25, 0.3) is 11.1 Å². The molecule has 2 aromatic rings. The molecule has 1 aliphatic heterocycles. The van der Waals surface area contributed by atoms with Crippen molar-refractivity contribution in [2.75, 3.05) is 38.2 Å². The third-order valence-electron chi connectivity index (χ3n) is 4.73. The van der Waals surface area contributed by atoms with Gasteiger partial charge in [0.15, 0.2) is 0 Å². The van der Waals surface area contributed by atoms with Crippen molar-refractivity contribution in [1.29, 1.82) is 0 Å². The Labute approximate surface area is 148 Å². The molecule has 25 heavy (non-hydrogen) atoms. The van der Waals surface area contributed by atoms with Gasteiger partial charge in [0.25, 0.3) is 0 Å². The van der Waals surface area contributed by atoms with Crippen molar-refractivity contribution >= 4 is 11.6 Å². The van der Waals surface area contributed by atoms with E-state index in [4.69, 9.17) is 10.5 Å². The number of benzene rings is 2. The van der Waals surface area contributed by atoms with E-state index in [0.29, 0.717) is 5.56 Å². The van der Waals surface area contributed by atoms with Crippen LogP contribution in [0.2, 0.25) is 0 Å². The van der Waals surface area contributed by atoms with Gasteiger partial charge < -0.3 is 20.7 Å². The second kappa shape index (κ2) is 7.57. The van der Waals surface area contributed by atoms with Gasteiger partial charge in [0.1, 0.15) is 5.75 Å². The zero-order valence-electron chi connectivity index (χ0n) is 14.8. The van der Waals surface area contributed by atoms with Crippen molar-refractivity contribution in [2.45, 2.75) is 13.3 Å². The fraction of sp³-hybridized carbons (Fsp3) is 0.350. The molecule has 3 N–H and O–H groups in total. The Morgan fingerprint density at radius 1 is 1.16 bits per heavy atom. The molecule has 1 heterocycles. The van der Waals surface area contributed by atoms with Gasteiger partial charge in [-0.25, -0.2) is 0 Å². The van der Waals surface area contributed by atoms with E-state index in [9.17, 15) is 4.79 Å². The third kappa shape index (κ3) is 3.33. The number of anilines is 1. The summed E-state index contributed by atoms with van der Waals surface area (Å²) in [4.78, 5) is 14.3. The van der Waals surface area contributed by atoms with Gasteiger partial charge in [-0.1, -0.05) is 31.2 Å². The lowest BCUT2D eigenvalue weighted by molar-refractivity contribution is 0.0999. The number of carbonyl (C=O) groups excluding carboxylic acids is 1. The molecule has 1 saturated heterocycles. The molecule has 0 bridgehead atoms. The lowest BCUT2D eigenvalue weighted by atomic mass is 9.92. The van der Waals surface area contributed by atoms with Gasteiger partial charge in [0.2, 0.25) is 5.91 Å². The summed E-state index contributed by atoms with van der Waals surface area (Å²) in [5.74, 6) is 0.451. The number of primary amides is 1. The number of amides is 1. The molecule has 0 atom stereocenters. The number of para-hydroxylation sites is 1. The van der Waals surface area contributed by atoms with Gasteiger partial charge >= 0.3 is 0 Å². The van der Waals surface area contributed by atoms with E-state index >= 15 is 0 Å². The Morgan fingerprint density at radius 2 is 1.88 bits per heavy atom. The van der Waals surface area contributed by atoms with Gasteiger partial charge in [-0.05, 0) is 24.1 Å². The van der Waals surface area contributed by atoms with Crippen LogP contribution in [0.4, 0.5) is 5.69 Å². The number of carbonyl (C=O) groups is 1. The van der Waals surface area contributed by atoms with E-state index in [0.717, 1.165) is 60.7 Å². The highest BCUT2D eigenvalue weighted by Gasteiger charge is 2.23. The number of nitrogens with two attached hydrogens (primary N) is 1. The molecule has 2 aromatic carbocycles. The van der Waals surface area contributed by atoms with Crippen LogP contribution < -0.4 is 20.7 Å². The molecule has 5 heteroatoms. The number of rotatable bonds is 5. The van der Waals surface area contributed by atoms with E-state index in [2.05, 4.69) is 23.2 Å². The maximum atomic E-state index is 12.0. The Hall–Kier alpha value is -2.53.